The Balaban J connectivity index is 2.75. The maximum atomic E-state index is 2.25. The van der Waals surface area contributed by atoms with Crippen molar-refractivity contribution in [2.75, 3.05) is 0 Å². The molecule has 0 atom stereocenters. The molecule has 0 aliphatic rings. The van der Waals surface area contributed by atoms with Gasteiger partial charge in [0.25, 0.3) is 0 Å². The molecule has 0 amide bonds. The van der Waals surface area contributed by atoms with Crippen LogP contribution in [0.5, 0.6) is 0 Å². The van der Waals surface area contributed by atoms with Gasteiger partial charge in [0, 0.05) is 0 Å². The van der Waals surface area contributed by atoms with E-state index < -0.39 is 0 Å². The van der Waals surface area contributed by atoms with Crippen LogP contribution in [-0.4, -0.2) is 0 Å². The molecule has 0 heteroatoms. The minimum atomic E-state index is 1.33. The van der Waals surface area contributed by atoms with Gasteiger partial charge in [-0.3, -0.25) is 0 Å². The van der Waals surface area contributed by atoms with Gasteiger partial charge in [-0.25, -0.2) is 0 Å². The maximum Gasteiger partial charge on any atom is -0.0303 e. The van der Waals surface area contributed by atoms with Crippen LogP contribution in [0.1, 0.15) is 52.9 Å². The summed E-state index contributed by atoms with van der Waals surface area (Å²) in [5.74, 6) is 1.58. The van der Waals surface area contributed by atoms with Gasteiger partial charge in [0.15, 0.2) is 0 Å². The summed E-state index contributed by atoms with van der Waals surface area (Å²) < 4.78 is 0. The zero-order valence-corrected chi connectivity index (χ0v) is 7.04. The van der Waals surface area contributed by atoms with Crippen LogP contribution >= 0.6 is 0 Å². The first-order valence-electron chi connectivity index (χ1n) is 4.06. The van der Waals surface area contributed by atoms with Crippen LogP contribution in [0.2, 0.25) is 0 Å². The highest BCUT2D eigenvalue weighted by molar-refractivity contribution is 4.75. The topological polar surface area (TPSA) is 0 Å². The zero-order valence-electron chi connectivity index (χ0n) is 7.04. The SMILES string of the molecule is CCCCCC[C](C)C. The second-order valence-electron chi connectivity index (χ2n) is 3.02. The molecule has 0 aromatic rings. The van der Waals surface area contributed by atoms with Crippen molar-refractivity contribution in [2.24, 2.45) is 0 Å². The summed E-state index contributed by atoms with van der Waals surface area (Å²) in [5, 5.41) is 0. The fourth-order valence-corrected chi connectivity index (χ4v) is 0.905. The molecule has 55 valence electrons. The van der Waals surface area contributed by atoms with Gasteiger partial charge in [-0.1, -0.05) is 46.5 Å². The minimum absolute atomic E-state index is 1.33. The molecule has 0 fully saturated rings. The van der Waals surface area contributed by atoms with Gasteiger partial charge in [0.2, 0.25) is 0 Å². The van der Waals surface area contributed by atoms with E-state index in [1.165, 1.54) is 32.1 Å². The largest absolute Gasteiger partial charge is 0.0654 e. The predicted molar refractivity (Wildman–Crippen MR) is 43.4 cm³/mol. The van der Waals surface area contributed by atoms with Crippen molar-refractivity contribution in [3.63, 3.8) is 0 Å². The van der Waals surface area contributed by atoms with E-state index in [1.54, 1.807) is 5.92 Å². The summed E-state index contributed by atoms with van der Waals surface area (Å²) in [5.41, 5.74) is 0. The highest BCUT2D eigenvalue weighted by atomic mass is 14.0. The fourth-order valence-electron chi connectivity index (χ4n) is 0.905. The van der Waals surface area contributed by atoms with Gasteiger partial charge in [0.05, 0.1) is 0 Å². The van der Waals surface area contributed by atoms with Crippen LogP contribution < -0.4 is 0 Å². The third kappa shape index (κ3) is 8.00. The first kappa shape index (κ1) is 9.00. The van der Waals surface area contributed by atoms with E-state index in [0.717, 1.165) is 0 Å². The van der Waals surface area contributed by atoms with E-state index in [4.69, 9.17) is 0 Å². The fraction of sp³-hybridized carbons (Fsp3) is 0.889. The minimum Gasteiger partial charge on any atom is -0.0654 e. The summed E-state index contributed by atoms with van der Waals surface area (Å²) in [6.07, 6.45) is 6.91. The van der Waals surface area contributed by atoms with Gasteiger partial charge in [-0.15, -0.1) is 0 Å². The second kappa shape index (κ2) is 6.12. The molecular formula is C9H19. The quantitative estimate of drug-likeness (QED) is 0.495. The Morgan fingerprint density at radius 1 is 1.00 bits per heavy atom. The summed E-state index contributed by atoms with van der Waals surface area (Å²) in [6.45, 7) is 6.68. The highest BCUT2D eigenvalue weighted by Crippen LogP contribution is 2.10. The lowest BCUT2D eigenvalue weighted by Crippen LogP contribution is -1.83. The first-order valence-corrected chi connectivity index (χ1v) is 4.06. The molecule has 0 N–H and O–H groups in total. The third-order valence-electron chi connectivity index (χ3n) is 1.53. The molecule has 9 heavy (non-hydrogen) atoms. The van der Waals surface area contributed by atoms with E-state index >= 15 is 0 Å². The van der Waals surface area contributed by atoms with Gasteiger partial charge in [0.1, 0.15) is 0 Å². The second-order valence-corrected chi connectivity index (χ2v) is 3.02. The van der Waals surface area contributed by atoms with Crippen molar-refractivity contribution >= 4 is 0 Å². The summed E-state index contributed by atoms with van der Waals surface area (Å²) in [4.78, 5) is 0. The Kier molecular flexibility index (Phi) is 6.12. The molecule has 0 heterocycles. The number of hydrogen-bond acceptors (Lipinski definition) is 0. The van der Waals surface area contributed by atoms with E-state index in [9.17, 15) is 0 Å². The van der Waals surface area contributed by atoms with Crippen molar-refractivity contribution in [3.05, 3.63) is 5.92 Å². The summed E-state index contributed by atoms with van der Waals surface area (Å²) >= 11 is 0. The van der Waals surface area contributed by atoms with Crippen molar-refractivity contribution in [1.29, 1.82) is 0 Å². The Morgan fingerprint density at radius 3 is 2.11 bits per heavy atom. The monoisotopic (exact) mass is 127 g/mol. The number of rotatable bonds is 5. The standard InChI is InChI=1S/C9H19/c1-4-5-6-7-8-9(2)3/h4-8H2,1-3H3. The van der Waals surface area contributed by atoms with Crippen LogP contribution in [0, 0.1) is 5.92 Å². The Labute approximate surface area is 59.7 Å². The van der Waals surface area contributed by atoms with Crippen LogP contribution in [0.15, 0.2) is 0 Å². The Morgan fingerprint density at radius 2 is 1.67 bits per heavy atom. The molecule has 0 unspecified atom stereocenters. The molecule has 1 radical (unpaired) electrons. The van der Waals surface area contributed by atoms with Crippen molar-refractivity contribution < 1.29 is 0 Å². The maximum absolute atomic E-state index is 2.25. The molecule has 0 saturated heterocycles. The van der Waals surface area contributed by atoms with E-state index in [2.05, 4.69) is 20.8 Å². The van der Waals surface area contributed by atoms with Gasteiger partial charge in [-0.2, -0.15) is 0 Å². The van der Waals surface area contributed by atoms with E-state index in [0.29, 0.717) is 0 Å². The van der Waals surface area contributed by atoms with E-state index in [-0.39, 0.29) is 0 Å². The van der Waals surface area contributed by atoms with Crippen LogP contribution in [0.4, 0.5) is 0 Å². The average molecular weight is 127 g/mol. The zero-order chi connectivity index (χ0) is 7.11. The lowest BCUT2D eigenvalue weighted by Gasteiger charge is -2.01. The lowest BCUT2D eigenvalue weighted by atomic mass is 10.1. The molecule has 0 spiro atoms. The lowest BCUT2D eigenvalue weighted by molar-refractivity contribution is 0.640. The molecule has 0 bridgehead atoms. The molecule has 0 rings (SSSR count). The molecule has 0 aromatic heterocycles. The van der Waals surface area contributed by atoms with E-state index in [1.807, 2.05) is 0 Å². The van der Waals surface area contributed by atoms with Crippen molar-refractivity contribution in [2.45, 2.75) is 52.9 Å². The summed E-state index contributed by atoms with van der Waals surface area (Å²) in [7, 11) is 0. The third-order valence-corrected chi connectivity index (χ3v) is 1.53. The number of unbranched alkanes of at least 4 members (excludes halogenated alkanes) is 3. The van der Waals surface area contributed by atoms with Gasteiger partial charge in [-0.05, 0) is 12.3 Å². The van der Waals surface area contributed by atoms with Crippen molar-refractivity contribution in [1.82, 2.24) is 0 Å². The highest BCUT2D eigenvalue weighted by Gasteiger charge is 1.92. The smallest absolute Gasteiger partial charge is 0.0303 e. The first-order chi connectivity index (χ1) is 4.27. The summed E-state index contributed by atoms with van der Waals surface area (Å²) in [6, 6.07) is 0. The van der Waals surface area contributed by atoms with Crippen LogP contribution in [0.25, 0.3) is 0 Å². The Bertz CT molecular complexity index is 46.0. The Hall–Kier alpha value is 0. The van der Waals surface area contributed by atoms with Crippen LogP contribution in [0.3, 0.4) is 0 Å². The van der Waals surface area contributed by atoms with Crippen LogP contribution in [-0.2, 0) is 0 Å². The van der Waals surface area contributed by atoms with Gasteiger partial charge < -0.3 is 0 Å². The van der Waals surface area contributed by atoms with Crippen molar-refractivity contribution in [3.8, 4) is 0 Å². The number of hydrogen-bond donors (Lipinski definition) is 0. The molecule has 0 nitrogen and oxygen atoms in total. The predicted octanol–water partition coefficient (Wildman–Crippen LogP) is 3.57. The molecular weight excluding hydrogens is 108 g/mol. The average Bonchev–Trinajstić information content (AvgIpc) is 1.80. The van der Waals surface area contributed by atoms with Gasteiger partial charge >= 0.3 is 0 Å². The molecule has 0 aliphatic heterocycles. The molecule has 0 aliphatic carbocycles. The molecule has 0 aromatic carbocycles. The molecule has 0 saturated carbocycles. The normalized spacial score (nSPS) is 10.7.